The molecule has 0 spiro atoms. The molecule has 1 aliphatic carbocycles. The number of aromatic nitrogens is 2. The van der Waals surface area contributed by atoms with Crippen molar-refractivity contribution in [1.29, 1.82) is 0 Å². The van der Waals surface area contributed by atoms with E-state index >= 15 is 0 Å². The van der Waals surface area contributed by atoms with Crippen LogP contribution < -0.4 is 10.1 Å². The molecule has 4 rings (SSSR count). The minimum absolute atomic E-state index is 0.0137. The molecule has 1 unspecified atom stereocenters. The van der Waals surface area contributed by atoms with E-state index in [1.165, 1.54) is 0 Å². The maximum absolute atomic E-state index is 13.0. The van der Waals surface area contributed by atoms with Gasteiger partial charge in [-0.25, -0.2) is 0 Å². The average Bonchev–Trinajstić information content (AvgIpc) is 3.29. The third-order valence-electron chi connectivity index (χ3n) is 5.45. The number of fused-ring (bicyclic) bond motifs is 1. The van der Waals surface area contributed by atoms with Gasteiger partial charge in [-0.05, 0) is 43.8 Å². The van der Waals surface area contributed by atoms with E-state index < -0.39 is 5.92 Å². The Hall–Kier alpha value is -3.45. The van der Waals surface area contributed by atoms with Crippen molar-refractivity contribution in [2.45, 2.75) is 12.8 Å². The summed E-state index contributed by atoms with van der Waals surface area (Å²) >= 11 is 0. The quantitative estimate of drug-likeness (QED) is 0.614. The lowest BCUT2D eigenvalue weighted by atomic mass is 9.82. The van der Waals surface area contributed by atoms with Crippen molar-refractivity contribution in [3.05, 3.63) is 66.0 Å². The van der Waals surface area contributed by atoms with Crippen molar-refractivity contribution >= 4 is 17.4 Å². The molecule has 0 aliphatic heterocycles. The molecule has 2 N–H and O–H groups in total. The van der Waals surface area contributed by atoms with E-state index in [9.17, 15) is 9.59 Å². The van der Waals surface area contributed by atoms with Gasteiger partial charge in [0.1, 0.15) is 12.4 Å². The van der Waals surface area contributed by atoms with E-state index in [2.05, 4.69) is 15.5 Å². The predicted octanol–water partition coefficient (Wildman–Crippen LogP) is 3.40. The van der Waals surface area contributed by atoms with Crippen molar-refractivity contribution in [1.82, 2.24) is 15.1 Å². The first-order valence-electron chi connectivity index (χ1n) is 10.3. The molecule has 1 aromatic heterocycles. The van der Waals surface area contributed by atoms with E-state index in [0.29, 0.717) is 24.5 Å². The minimum atomic E-state index is -0.398. The first-order chi connectivity index (χ1) is 15.0. The smallest absolute Gasteiger partial charge is 0.228 e. The number of rotatable bonds is 7. The predicted molar refractivity (Wildman–Crippen MR) is 119 cm³/mol. The maximum atomic E-state index is 13.0. The number of H-pyrrole nitrogens is 1. The minimum Gasteiger partial charge on any atom is -0.490 e. The Balaban J connectivity index is 1.54. The number of aromatic amines is 1. The number of hydrogen-bond donors (Lipinski definition) is 2. The summed E-state index contributed by atoms with van der Waals surface area (Å²) in [6, 6.07) is 13.2. The molecule has 0 saturated heterocycles. The lowest BCUT2D eigenvalue weighted by molar-refractivity contribution is -0.119. The molecule has 0 saturated carbocycles. The zero-order valence-electron chi connectivity index (χ0n) is 17.7. The lowest BCUT2D eigenvalue weighted by Gasteiger charge is -2.23. The topological polar surface area (TPSA) is 87.3 Å². The number of nitrogens with one attached hydrogen (secondary N) is 2. The monoisotopic (exact) mass is 418 g/mol. The van der Waals surface area contributed by atoms with E-state index in [1.54, 1.807) is 6.20 Å². The van der Waals surface area contributed by atoms with Gasteiger partial charge >= 0.3 is 0 Å². The van der Waals surface area contributed by atoms with Crippen LogP contribution in [-0.2, 0) is 11.2 Å². The average molecular weight is 418 g/mol. The third-order valence-corrected chi connectivity index (χ3v) is 5.45. The summed E-state index contributed by atoms with van der Waals surface area (Å²) in [4.78, 5) is 27.5. The summed E-state index contributed by atoms with van der Waals surface area (Å²) < 4.78 is 6.00. The van der Waals surface area contributed by atoms with Crippen LogP contribution in [0.1, 0.15) is 22.3 Å². The van der Waals surface area contributed by atoms with Gasteiger partial charge in [-0.2, -0.15) is 5.10 Å². The Bertz CT molecular complexity index is 1080. The molecule has 7 nitrogen and oxygen atoms in total. The van der Waals surface area contributed by atoms with Crippen molar-refractivity contribution in [2.75, 3.05) is 32.6 Å². The zero-order chi connectivity index (χ0) is 21.8. The first kappa shape index (κ1) is 20.8. The van der Waals surface area contributed by atoms with Gasteiger partial charge in [0, 0.05) is 36.2 Å². The summed E-state index contributed by atoms with van der Waals surface area (Å²) in [6.07, 6.45) is 4.31. The Kier molecular flexibility index (Phi) is 6.13. The zero-order valence-corrected chi connectivity index (χ0v) is 17.7. The second kappa shape index (κ2) is 9.14. The highest BCUT2D eigenvalue weighted by Crippen LogP contribution is 2.32. The Morgan fingerprint density at radius 3 is 2.81 bits per heavy atom. The number of Topliss-reactive ketones (excluding diaryl/α,β-unsaturated/α-hetero) is 1. The van der Waals surface area contributed by atoms with Gasteiger partial charge in [0.15, 0.2) is 5.78 Å². The van der Waals surface area contributed by atoms with Gasteiger partial charge in [-0.3, -0.25) is 14.7 Å². The SMILES string of the molecule is CN(C)CCOc1cc(-c2cn[nH]c2)ccc1NC(=O)C1CC(=O)c2ccccc2C1. The number of nitrogens with zero attached hydrogens (tertiary/aromatic N) is 2. The molecule has 0 bridgehead atoms. The van der Waals surface area contributed by atoms with E-state index in [-0.39, 0.29) is 18.1 Å². The standard InChI is InChI=1S/C24H26N4O3/c1-28(2)9-10-31-23-13-16(19-14-25-26-15-19)7-8-21(23)27-24(30)18-11-17-5-3-4-6-20(17)22(29)12-18/h3-8,13-15,18H,9-12H2,1-2H3,(H,25,26)(H,27,30). The van der Waals surface area contributed by atoms with Gasteiger partial charge in [0.05, 0.1) is 11.9 Å². The van der Waals surface area contributed by atoms with Crippen LogP contribution in [0.2, 0.25) is 0 Å². The molecule has 0 fully saturated rings. The van der Waals surface area contributed by atoms with Gasteiger partial charge < -0.3 is 15.0 Å². The first-order valence-corrected chi connectivity index (χ1v) is 10.3. The second-order valence-corrected chi connectivity index (χ2v) is 8.02. The summed E-state index contributed by atoms with van der Waals surface area (Å²) in [5.41, 5.74) is 4.13. The summed E-state index contributed by atoms with van der Waals surface area (Å²) in [5.74, 6) is 0.0400. The largest absolute Gasteiger partial charge is 0.490 e. The Morgan fingerprint density at radius 2 is 2.03 bits per heavy atom. The van der Waals surface area contributed by atoms with Crippen LogP contribution in [0.3, 0.4) is 0 Å². The van der Waals surface area contributed by atoms with Crippen LogP contribution in [-0.4, -0.2) is 54.0 Å². The molecule has 1 aliphatic rings. The lowest BCUT2D eigenvalue weighted by Crippen LogP contribution is -2.31. The fourth-order valence-corrected chi connectivity index (χ4v) is 3.73. The summed E-state index contributed by atoms with van der Waals surface area (Å²) in [7, 11) is 3.96. The van der Waals surface area contributed by atoms with Crippen LogP contribution in [0.15, 0.2) is 54.9 Å². The van der Waals surface area contributed by atoms with Crippen LogP contribution in [0.25, 0.3) is 11.1 Å². The Labute approximate surface area is 181 Å². The highest BCUT2D eigenvalue weighted by molar-refractivity contribution is 6.04. The molecule has 31 heavy (non-hydrogen) atoms. The van der Waals surface area contributed by atoms with Crippen LogP contribution in [0.4, 0.5) is 5.69 Å². The van der Waals surface area contributed by atoms with E-state index in [4.69, 9.17) is 4.74 Å². The highest BCUT2D eigenvalue weighted by atomic mass is 16.5. The number of amides is 1. The molecule has 3 aromatic rings. The van der Waals surface area contributed by atoms with Crippen LogP contribution in [0, 0.1) is 5.92 Å². The normalized spacial score (nSPS) is 15.6. The fourth-order valence-electron chi connectivity index (χ4n) is 3.73. The van der Waals surface area contributed by atoms with Crippen LogP contribution >= 0.6 is 0 Å². The number of anilines is 1. The molecular formula is C24H26N4O3. The molecule has 2 aromatic carbocycles. The van der Waals surface area contributed by atoms with Gasteiger partial charge in [0.25, 0.3) is 0 Å². The highest BCUT2D eigenvalue weighted by Gasteiger charge is 2.30. The number of hydrogen-bond acceptors (Lipinski definition) is 5. The summed E-state index contributed by atoms with van der Waals surface area (Å²) in [6.45, 7) is 1.23. The molecule has 1 amide bonds. The fraction of sp³-hybridized carbons (Fsp3) is 0.292. The van der Waals surface area contributed by atoms with Crippen molar-refractivity contribution in [2.24, 2.45) is 5.92 Å². The summed E-state index contributed by atoms with van der Waals surface area (Å²) in [5, 5.41) is 9.79. The van der Waals surface area contributed by atoms with Gasteiger partial charge in [-0.1, -0.05) is 30.3 Å². The van der Waals surface area contributed by atoms with Crippen molar-refractivity contribution in [3.8, 4) is 16.9 Å². The van der Waals surface area contributed by atoms with Crippen LogP contribution in [0.5, 0.6) is 5.75 Å². The number of benzene rings is 2. The van der Waals surface area contributed by atoms with Crippen molar-refractivity contribution < 1.29 is 14.3 Å². The third kappa shape index (κ3) is 4.83. The molecule has 0 radical (unpaired) electrons. The maximum Gasteiger partial charge on any atom is 0.228 e. The Morgan fingerprint density at radius 1 is 1.19 bits per heavy atom. The molecule has 7 heteroatoms. The molecule has 1 atom stereocenters. The number of likely N-dealkylation sites (N-methyl/N-ethyl adjacent to an activating group) is 1. The number of ether oxygens (including phenoxy) is 1. The molecule has 160 valence electrons. The van der Waals surface area contributed by atoms with Crippen molar-refractivity contribution in [3.63, 3.8) is 0 Å². The number of carbonyl (C=O) groups excluding carboxylic acids is 2. The number of carbonyl (C=O) groups is 2. The number of ketones is 1. The molecular weight excluding hydrogens is 392 g/mol. The molecule has 1 heterocycles. The second-order valence-electron chi connectivity index (χ2n) is 8.02. The van der Waals surface area contributed by atoms with Gasteiger partial charge in [0.2, 0.25) is 5.91 Å². The van der Waals surface area contributed by atoms with Gasteiger partial charge in [-0.15, -0.1) is 0 Å². The van der Waals surface area contributed by atoms with E-state index in [1.807, 2.05) is 67.7 Å². The van der Waals surface area contributed by atoms with E-state index in [0.717, 1.165) is 28.8 Å².